The first-order valence-electron chi connectivity index (χ1n) is 44.4. The van der Waals surface area contributed by atoms with Gasteiger partial charge in [-0.15, -0.1) is 0 Å². The molecule has 0 spiro atoms. The van der Waals surface area contributed by atoms with Crippen LogP contribution in [0.25, 0.3) is 0 Å². The zero-order valence-electron chi connectivity index (χ0n) is 76.9. The number of urea groups is 3. The number of amides is 9. The van der Waals surface area contributed by atoms with Crippen LogP contribution in [0.5, 0.6) is 0 Å². The van der Waals surface area contributed by atoms with Crippen LogP contribution in [0.4, 0.5) is 60.9 Å². The quantitative estimate of drug-likeness (QED) is 0.0696. The fourth-order valence-corrected chi connectivity index (χ4v) is 20.8. The molecule has 6 unspecified atom stereocenters. The molecule has 6 saturated heterocycles. The van der Waals surface area contributed by atoms with E-state index in [4.69, 9.17) is 21.6 Å². The van der Waals surface area contributed by atoms with Crippen molar-refractivity contribution in [3.8, 4) is 0 Å². The predicted molar refractivity (Wildman–Crippen MR) is 496 cm³/mol. The smallest absolute Gasteiger partial charge is 0.325 e. The van der Waals surface area contributed by atoms with Gasteiger partial charge in [0.1, 0.15) is 51.7 Å². The van der Waals surface area contributed by atoms with Crippen LogP contribution in [-0.2, 0) is 30.1 Å². The number of aromatic nitrogens is 6. The van der Waals surface area contributed by atoms with E-state index < -0.39 is 47.8 Å². The largest absolute Gasteiger partial charge is 0.368 e. The molecule has 9 aliphatic heterocycles. The minimum Gasteiger partial charge on any atom is -0.368 e. The van der Waals surface area contributed by atoms with Crippen molar-refractivity contribution in [3.63, 3.8) is 0 Å². The highest BCUT2D eigenvalue weighted by Gasteiger charge is 2.46. The number of pyridine rings is 6. The van der Waals surface area contributed by atoms with Crippen LogP contribution >= 0.6 is 11.6 Å². The van der Waals surface area contributed by atoms with E-state index in [-0.39, 0.29) is 101 Å². The molecule has 6 atom stereocenters. The second kappa shape index (κ2) is 38.0. The molecule has 7 N–H and O–H groups in total. The summed E-state index contributed by atoms with van der Waals surface area (Å²) in [6, 6.07) is 23.7. The first-order valence-corrected chi connectivity index (χ1v) is 49.2. The lowest BCUT2D eigenvalue weighted by atomic mass is 9.92. The van der Waals surface area contributed by atoms with Gasteiger partial charge in [0, 0.05) is 113 Å². The van der Waals surface area contributed by atoms with E-state index in [1.165, 1.54) is 30.3 Å². The molecule has 0 radical (unpaired) electrons. The second-order valence-corrected chi connectivity index (χ2v) is 46.1. The van der Waals surface area contributed by atoms with Crippen LogP contribution in [0.3, 0.4) is 0 Å². The fraction of sp³-hybridized carbons (Fsp3) is 0.600. The van der Waals surface area contributed by atoms with Gasteiger partial charge in [-0.25, -0.2) is 58.5 Å². The Morgan fingerprint density at radius 3 is 1.02 bits per heavy atom. The first kappa shape index (κ1) is 96.1. The van der Waals surface area contributed by atoms with Gasteiger partial charge in [-0.2, -0.15) is 25.3 Å². The molecule has 0 aliphatic carbocycles. The average Bonchev–Trinajstić information content (AvgIpc) is 1.66. The van der Waals surface area contributed by atoms with Crippen molar-refractivity contribution in [2.24, 2.45) is 34.0 Å². The van der Waals surface area contributed by atoms with Crippen LogP contribution in [0.1, 0.15) is 233 Å². The summed E-state index contributed by atoms with van der Waals surface area (Å²) in [5.41, 5.74) is 0.0646. The third-order valence-electron chi connectivity index (χ3n) is 24.9. The van der Waals surface area contributed by atoms with Crippen molar-refractivity contribution in [3.05, 3.63) is 113 Å². The molecule has 0 saturated carbocycles. The topological polar surface area (TPSA) is 392 Å². The number of halogens is 1. The van der Waals surface area contributed by atoms with Crippen LogP contribution in [0.2, 0.25) is 5.15 Å². The minimum absolute atomic E-state index is 0.0757. The van der Waals surface area contributed by atoms with Gasteiger partial charge >= 0.3 is 18.1 Å². The highest BCUT2D eigenvalue weighted by molar-refractivity contribution is 7.90. The molecule has 692 valence electrons. The van der Waals surface area contributed by atoms with Gasteiger partial charge in [-0.3, -0.25) is 24.2 Å². The molecular weight excluding hydrogens is 1700 g/mol. The molecule has 6 aromatic heterocycles. The van der Waals surface area contributed by atoms with Gasteiger partial charge in [-0.1, -0.05) is 92.1 Å². The Hall–Kier alpha value is -9.94. The third kappa shape index (κ3) is 24.1. The number of carbonyl (C=O) groups excluding carboxylic acids is 6. The maximum atomic E-state index is 13.6. The number of anilines is 8. The summed E-state index contributed by atoms with van der Waals surface area (Å²) >= 11 is 6.16. The molecule has 37 heteroatoms. The van der Waals surface area contributed by atoms with Crippen molar-refractivity contribution in [2.75, 3.05) is 119 Å². The maximum Gasteiger partial charge on any atom is 0.325 e. The van der Waals surface area contributed by atoms with Crippen LogP contribution in [0.15, 0.2) is 106 Å². The van der Waals surface area contributed by atoms with E-state index in [1.807, 2.05) is 14.7 Å². The Morgan fingerprint density at radius 1 is 0.394 bits per heavy atom. The summed E-state index contributed by atoms with van der Waals surface area (Å²) in [5, 5.41) is 12.2. The summed E-state index contributed by atoms with van der Waals surface area (Å²) in [4.78, 5) is 120. The number of nitrogens with one attached hydrogen (secondary N) is 7. The molecule has 0 aromatic carbocycles. The van der Waals surface area contributed by atoms with E-state index in [2.05, 4.69) is 195 Å². The molecule has 15 rings (SSSR count). The first-order chi connectivity index (χ1) is 59.3. The summed E-state index contributed by atoms with van der Waals surface area (Å²) in [6.45, 7) is 46.5. The fourth-order valence-electron chi connectivity index (χ4n) is 17.8. The minimum atomic E-state index is -4.26. The Kier molecular flexibility index (Phi) is 28.8. The molecule has 9 amide bonds. The number of hydrogen-bond acceptors (Lipinski definition) is 24. The summed E-state index contributed by atoms with van der Waals surface area (Å²) < 4.78 is 85.4. The molecule has 33 nitrogen and oxygen atoms in total. The van der Waals surface area contributed by atoms with Crippen LogP contribution < -0.4 is 59.9 Å². The SMILES string of the molecule is CC(C)(C)CCN1CCNC1=O.CC1CCC2CN(c3nc(Cl)ccc3C(=O)NS(=O)(=O)c3cccc(n3)N1)C(C)(C)C2.CC1CCC2CN(c3nc(N4CCN(CCC(C)(C)C)C4=O)ccc3C(=O)NS(=O)(=O)c3cccc(n3)N1)C(C)(C)C2.CC1CCC2CN(c3nc(N4CCN(CCC(C)(C)C)C4=O)ccc3C(=O)NS(=O)(=O)c3cccc(n3)N1)C(C)(C)C2. The molecule has 127 heavy (non-hydrogen) atoms. The number of nitrogens with zero attached hydrogens (tertiary/aromatic N) is 14. The summed E-state index contributed by atoms with van der Waals surface area (Å²) in [5.74, 6) is 2.19. The van der Waals surface area contributed by atoms with E-state index in [0.29, 0.717) is 129 Å². The van der Waals surface area contributed by atoms with Crippen LogP contribution in [0, 0.1) is 34.0 Å². The van der Waals surface area contributed by atoms with Crippen molar-refractivity contribution >= 4 is 124 Å². The number of sulfonamides is 3. The number of hydrogen-bond donors (Lipinski definition) is 7. The van der Waals surface area contributed by atoms with Crippen molar-refractivity contribution in [2.45, 2.75) is 251 Å². The second-order valence-electron chi connectivity index (χ2n) is 40.8. The van der Waals surface area contributed by atoms with Crippen LogP contribution in [-0.4, -0.2) is 219 Å². The molecule has 6 aromatic rings. The van der Waals surface area contributed by atoms with Crippen molar-refractivity contribution in [1.82, 2.24) is 64.1 Å². The summed E-state index contributed by atoms with van der Waals surface area (Å²) in [7, 11) is -12.7. The lowest BCUT2D eigenvalue weighted by molar-refractivity contribution is 0.0972. The standard InChI is InChI=1S/2C30H43N7O4S.C21H26ClN5O3S.C9H18N2O/c2*1-20-10-11-21-18-30(5,6)37(19-21)26-22(27(38)34-42(40,41)25-9-7-8-23(31-20)32-25)12-13-24(33-26)36-17-16-35(28(36)39)15-14-29(2,3)4;1-13-7-8-14-11-21(2,3)27(12-14)19-15(9-10-16(22)24-19)20(28)26-31(29,30)18-6-4-5-17(23-13)25-18;1-9(2,3)4-6-11-7-5-10-8(11)12/h2*7-9,12-13,20-21H,10-11,14-19H2,1-6H3,(H,31,32)(H,34,38);4-6,9-10,13-14H,7-8,11-12H2,1-3H3,(H,23,25)(H,26,28);4-7H2,1-3H3,(H,10,12). The normalized spacial score (nSPS) is 23.7. The lowest BCUT2D eigenvalue weighted by Crippen LogP contribution is -2.41. The Morgan fingerprint density at radius 2 is 0.709 bits per heavy atom. The van der Waals surface area contributed by atoms with Gasteiger partial charge in [0.05, 0.1) is 16.7 Å². The van der Waals surface area contributed by atoms with Gasteiger partial charge in [-0.05, 0) is 246 Å². The molecule has 6 fully saturated rings. The average molecular weight is 1830 g/mol. The molecular formula is C90H130ClN21O12S3. The number of rotatable bonds is 8. The monoisotopic (exact) mass is 1830 g/mol. The maximum absolute atomic E-state index is 13.6. The Labute approximate surface area is 754 Å². The number of carbonyl (C=O) groups is 6. The van der Waals surface area contributed by atoms with E-state index >= 15 is 0 Å². The van der Waals surface area contributed by atoms with E-state index in [1.54, 1.807) is 70.5 Å². The molecule has 12 bridgehead atoms. The van der Waals surface area contributed by atoms with E-state index in [9.17, 15) is 54.0 Å². The van der Waals surface area contributed by atoms with Gasteiger partial charge in [0.15, 0.2) is 15.1 Å². The Bertz CT molecular complexity index is 5210. The highest BCUT2D eigenvalue weighted by atomic mass is 35.5. The van der Waals surface area contributed by atoms with Crippen molar-refractivity contribution in [1.29, 1.82) is 0 Å². The van der Waals surface area contributed by atoms with Gasteiger partial charge in [0.2, 0.25) is 0 Å². The molecule has 9 aliphatic rings. The van der Waals surface area contributed by atoms with Crippen molar-refractivity contribution < 1.29 is 54.0 Å². The Balaban J connectivity index is 0.000000164. The van der Waals surface area contributed by atoms with Gasteiger partial charge < -0.3 is 50.7 Å². The predicted octanol–water partition coefficient (Wildman–Crippen LogP) is 13.8. The summed E-state index contributed by atoms with van der Waals surface area (Å²) in [6.07, 6.45) is 11.1. The number of fused-ring (bicyclic) bond motifs is 18. The van der Waals surface area contributed by atoms with Gasteiger partial charge in [0.25, 0.3) is 47.8 Å². The zero-order valence-corrected chi connectivity index (χ0v) is 80.1. The lowest BCUT2D eigenvalue weighted by Gasteiger charge is -2.34. The zero-order chi connectivity index (χ0) is 92.5. The van der Waals surface area contributed by atoms with E-state index in [0.717, 1.165) is 96.7 Å². The highest BCUT2D eigenvalue weighted by Crippen LogP contribution is 2.45. The molecule has 15 heterocycles. The third-order valence-corrected chi connectivity index (χ3v) is 28.8.